The van der Waals surface area contributed by atoms with Gasteiger partial charge in [-0.05, 0) is 13.3 Å². The normalized spacial score (nSPS) is 12.5. The fourth-order valence-electron chi connectivity index (χ4n) is 0.900. The largest absolute Gasteiger partial charge is 0.392 e. The Hall–Kier alpha value is -0.610. The summed E-state index contributed by atoms with van der Waals surface area (Å²) in [5.41, 5.74) is 0. The Morgan fingerprint density at radius 3 is 2.69 bits per heavy atom. The number of nitrogens with one attached hydrogen (secondary N) is 2. The van der Waals surface area contributed by atoms with Gasteiger partial charge in [-0.1, -0.05) is 6.92 Å². The molecule has 1 amide bonds. The number of carbonyl (C=O) groups excluding carboxylic acids is 1. The molecule has 0 saturated heterocycles. The zero-order valence-corrected chi connectivity index (χ0v) is 8.47. The summed E-state index contributed by atoms with van der Waals surface area (Å²) < 4.78 is 0. The van der Waals surface area contributed by atoms with Crippen molar-refractivity contribution in [2.75, 3.05) is 19.6 Å². The van der Waals surface area contributed by atoms with Crippen molar-refractivity contribution < 1.29 is 9.90 Å². The van der Waals surface area contributed by atoms with Gasteiger partial charge in [-0.25, -0.2) is 0 Å². The van der Waals surface area contributed by atoms with Crippen molar-refractivity contribution in [3.05, 3.63) is 0 Å². The number of carbonyl (C=O) groups is 1. The van der Waals surface area contributed by atoms with Gasteiger partial charge in [0.25, 0.3) is 0 Å². The second-order valence-electron chi connectivity index (χ2n) is 2.97. The summed E-state index contributed by atoms with van der Waals surface area (Å²) in [6.45, 7) is 5.69. The van der Waals surface area contributed by atoms with Crippen LogP contribution in [0.1, 0.15) is 26.7 Å². The standard InChI is InChI=1S/C9H20N2O2/c1-3-8(12)7-10-6-5-9(13)11-4-2/h8,10,12H,3-7H2,1-2H3,(H,11,13). The van der Waals surface area contributed by atoms with E-state index in [0.717, 1.165) is 6.42 Å². The summed E-state index contributed by atoms with van der Waals surface area (Å²) in [6.07, 6.45) is 0.924. The fraction of sp³-hybridized carbons (Fsp3) is 0.889. The average molecular weight is 188 g/mol. The average Bonchev–Trinajstić information content (AvgIpc) is 2.12. The number of hydrogen-bond donors (Lipinski definition) is 3. The van der Waals surface area contributed by atoms with Crippen molar-refractivity contribution in [1.29, 1.82) is 0 Å². The number of aliphatic hydroxyl groups excluding tert-OH is 1. The lowest BCUT2D eigenvalue weighted by Gasteiger charge is -2.08. The molecule has 0 saturated carbocycles. The maximum Gasteiger partial charge on any atom is 0.221 e. The lowest BCUT2D eigenvalue weighted by atomic mass is 10.3. The minimum absolute atomic E-state index is 0.0565. The smallest absolute Gasteiger partial charge is 0.221 e. The molecule has 3 N–H and O–H groups in total. The number of rotatable bonds is 7. The van der Waals surface area contributed by atoms with E-state index in [1.165, 1.54) is 0 Å². The Morgan fingerprint density at radius 1 is 1.46 bits per heavy atom. The van der Waals surface area contributed by atoms with Crippen LogP contribution in [-0.2, 0) is 4.79 Å². The molecule has 4 nitrogen and oxygen atoms in total. The summed E-state index contributed by atoms with van der Waals surface area (Å²) >= 11 is 0. The van der Waals surface area contributed by atoms with Crippen LogP contribution in [0, 0.1) is 0 Å². The molecular weight excluding hydrogens is 168 g/mol. The van der Waals surface area contributed by atoms with Gasteiger partial charge in [0.1, 0.15) is 0 Å². The molecule has 13 heavy (non-hydrogen) atoms. The first kappa shape index (κ1) is 12.4. The fourth-order valence-corrected chi connectivity index (χ4v) is 0.900. The maximum absolute atomic E-state index is 10.9. The van der Waals surface area contributed by atoms with Crippen molar-refractivity contribution >= 4 is 5.91 Å². The molecule has 0 bridgehead atoms. The van der Waals surface area contributed by atoms with Crippen LogP contribution >= 0.6 is 0 Å². The second kappa shape index (κ2) is 8.01. The Bertz CT molecular complexity index is 140. The Balaban J connectivity index is 3.20. The molecule has 0 aliphatic heterocycles. The molecule has 0 radical (unpaired) electrons. The van der Waals surface area contributed by atoms with E-state index in [0.29, 0.717) is 26.1 Å². The minimum atomic E-state index is -0.297. The third-order valence-corrected chi connectivity index (χ3v) is 1.75. The monoisotopic (exact) mass is 188 g/mol. The molecule has 0 aromatic heterocycles. The molecule has 1 atom stereocenters. The van der Waals surface area contributed by atoms with E-state index in [4.69, 9.17) is 5.11 Å². The van der Waals surface area contributed by atoms with Gasteiger partial charge < -0.3 is 15.7 Å². The number of amides is 1. The van der Waals surface area contributed by atoms with Crippen LogP contribution < -0.4 is 10.6 Å². The van der Waals surface area contributed by atoms with Crippen LogP contribution in [0.5, 0.6) is 0 Å². The van der Waals surface area contributed by atoms with Gasteiger partial charge in [0.05, 0.1) is 6.10 Å². The Morgan fingerprint density at radius 2 is 2.15 bits per heavy atom. The van der Waals surface area contributed by atoms with Crippen LogP contribution in [0.25, 0.3) is 0 Å². The third-order valence-electron chi connectivity index (χ3n) is 1.75. The highest BCUT2D eigenvalue weighted by molar-refractivity contribution is 5.75. The summed E-state index contributed by atoms with van der Waals surface area (Å²) in [7, 11) is 0. The van der Waals surface area contributed by atoms with Gasteiger partial charge in [0, 0.05) is 26.1 Å². The van der Waals surface area contributed by atoms with Crippen molar-refractivity contribution in [3.8, 4) is 0 Å². The van der Waals surface area contributed by atoms with Crippen molar-refractivity contribution in [2.24, 2.45) is 0 Å². The van der Waals surface area contributed by atoms with Gasteiger partial charge in [-0.15, -0.1) is 0 Å². The summed E-state index contributed by atoms with van der Waals surface area (Å²) in [4.78, 5) is 10.9. The molecule has 1 unspecified atom stereocenters. The molecular formula is C9H20N2O2. The molecule has 4 heteroatoms. The van der Waals surface area contributed by atoms with Gasteiger partial charge in [-0.3, -0.25) is 4.79 Å². The molecule has 0 aliphatic rings. The number of aliphatic hydroxyl groups is 1. The first-order chi connectivity index (χ1) is 6.20. The van der Waals surface area contributed by atoms with Crippen LogP contribution in [0.3, 0.4) is 0 Å². The van der Waals surface area contributed by atoms with Gasteiger partial charge in [0.2, 0.25) is 5.91 Å². The van der Waals surface area contributed by atoms with E-state index < -0.39 is 0 Å². The second-order valence-corrected chi connectivity index (χ2v) is 2.97. The molecule has 0 heterocycles. The first-order valence-corrected chi connectivity index (χ1v) is 4.86. The molecule has 0 aromatic rings. The number of hydrogen-bond acceptors (Lipinski definition) is 3. The summed E-state index contributed by atoms with van der Waals surface area (Å²) in [5.74, 6) is 0.0565. The molecule has 0 fully saturated rings. The zero-order valence-electron chi connectivity index (χ0n) is 8.47. The Labute approximate surface area is 79.7 Å². The minimum Gasteiger partial charge on any atom is -0.392 e. The summed E-state index contributed by atoms with van der Waals surface area (Å²) in [5, 5.41) is 14.9. The van der Waals surface area contributed by atoms with Crippen LogP contribution in [0.4, 0.5) is 0 Å². The highest BCUT2D eigenvalue weighted by atomic mass is 16.3. The van der Waals surface area contributed by atoms with E-state index in [9.17, 15) is 4.79 Å². The molecule has 0 spiro atoms. The molecule has 0 rings (SSSR count). The lowest BCUT2D eigenvalue weighted by Crippen LogP contribution is -2.31. The molecule has 78 valence electrons. The predicted molar refractivity (Wildman–Crippen MR) is 52.5 cm³/mol. The highest BCUT2D eigenvalue weighted by Gasteiger charge is 2.01. The van der Waals surface area contributed by atoms with Crippen molar-refractivity contribution in [1.82, 2.24) is 10.6 Å². The van der Waals surface area contributed by atoms with Crippen LogP contribution in [-0.4, -0.2) is 36.8 Å². The van der Waals surface area contributed by atoms with E-state index in [-0.39, 0.29) is 12.0 Å². The van der Waals surface area contributed by atoms with Gasteiger partial charge >= 0.3 is 0 Å². The summed E-state index contributed by atoms with van der Waals surface area (Å²) in [6, 6.07) is 0. The Kier molecular flexibility index (Phi) is 7.63. The van der Waals surface area contributed by atoms with E-state index in [2.05, 4.69) is 10.6 Å². The van der Waals surface area contributed by atoms with Crippen LogP contribution in [0.2, 0.25) is 0 Å². The maximum atomic E-state index is 10.9. The van der Waals surface area contributed by atoms with Gasteiger partial charge in [0.15, 0.2) is 0 Å². The SMILES string of the molecule is CCNC(=O)CCNCC(O)CC. The quantitative estimate of drug-likeness (QED) is 0.488. The molecule has 0 aromatic carbocycles. The molecule has 0 aliphatic carbocycles. The van der Waals surface area contributed by atoms with Crippen molar-refractivity contribution in [3.63, 3.8) is 0 Å². The highest BCUT2D eigenvalue weighted by Crippen LogP contribution is 1.86. The zero-order chi connectivity index (χ0) is 10.1. The van der Waals surface area contributed by atoms with Crippen molar-refractivity contribution in [2.45, 2.75) is 32.8 Å². The third kappa shape index (κ3) is 7.74. The van der Waals surface area contributed by atoms with E-state index in [1.54, 1.807) is 0 Å². The van der Waals surface area contributed by atoms with Gasteiger partial charge in [-0.2, -0.15) is 0 Å². The lowest BCUT2D eigenvalue weighted by molar-refractivity contribution is -0.120. The van der Waals surface area contributed by atoms with Crippen LogP contribution in [0.15, 0.2) is 0 Å². The first-order valence-electron chi connectivity index (χ1n) is 4.86. The van der Waals surface area contributed by atoms with E-state index in [1.807, 2.05) is 13.8 Å². The van der Waals surface area contributed by atoms with E-state index >= 15 is 0 Å². The predicted octanol–water partition coefficient (Wildman–Crippen LogP) is -0.127. The topological polar surface area (TPSA) is 61.4 Å².